The number of aromatic nitrogens is 3. The Bertz CT molecular complexity index is 405. The van der Waals surface area contributed by atoms with Gasteiger partial charge in [-0.1, -0.05) is 6.92 Å². The van der Waals surface area contributed by atoms with Crippen LogP contribution in [0.3, 0.4) is 0 Å². The molecule has 7 heteroatoms. The molecule has 2 heterocycles. The number of aliphatic hydroxyl groups excluding tert-OH is 1. The maximum atomic E-state index is 12.0. The van der Waals surface area contributed by atoms with Gasteiger partial charge in [0.05, 0.1) is 12.6 Å². The molecule has 0 saturated carbocycles. The highest BCUT2D eigenvalue weighted by molar-refractivity contribution is 5.76. The Labute approximate surface area is 99.2 Å². The van der Waals surface area contributed by atoms with E-state index in [2.05, 4.69) is 10.1 Å². The van der Waals surface area contributed by atoms with Crippen molar-refractivity contribution in [2.24, 2.45) is 5.92 Å². The van der Waals surface area contributed by atoms with Crippen molar-refractivity contribution >= 4 is 11.9 Å². The van der Waals surface area contributed by atoms with Crippen molar-refractivity contribution in [3.05, 3.63) is 6.33 Å². The van der Waals surface area contributed by atoms with Crippen LogP contribution >= 0.6 is 0 Å². The molecule has 0 aliphatic carbocycles. The second-order valence-electron chi connectivity index (χ2n) is 4.40. The number of carbonyl (C=O) groups excluding carboxylic acids is 1. The van der Waals surface area contributed by atoms with Gasteiger partial charge in [-0.2, -0.15) is 0 Å². The Morgan fingerprint density at radius 1 is 1.71 bits per heavy atom. The van der Waals surface area contributed by atoms with Crippen molar-refractivity contribution in [3.8, 4) is 0 Å². The predicted molar refractivity (Wildman–Crippen MR) is 60.8 cm³/mol. The second kappa shape index (κ2) is 4.70. The van der Waals surface area contributed by atoms with E-state index in [0.717, 1.165) is 6.42 Å². The van der Waals surface area contributed by atoms with Gasteiger partial charge in [0.1, 0.15) is 12.9 Å². The molecule has 2 rings (SSSR count). The van der Waals surface area contributed by atoms with Crippen molar-refractivity contribution in [2.75, 3.05) is 18.9 Å². The summed E-state index contributed by atoms with van der Waals surface area (Å²) in [5.41, 5.74) is 5.38. The molecule has 17 heavy (non-hydrogen) atoms. The average Bonchev–Trinajstić information content (AvgIpc) is 2.84. The van der Waals surface area contributed by atoms with Crippen molar-refractivity contribution in [1.82, 2.24) is 19.7 Å². The third kappa shape index (κ3) is 2.38. The molecule has 0 bridgehead atoms. The number of nitrogen functional groups attached to an aromatic ring is 1. The van der Waals surface area contributed by atoms with Gasteiger partial charge in [0, 0.05) is 6.54 Å². The van der Waals surface area contributed by atoms with Gasteiger partial charge in [0.2, 0.25) is 11.9 Å². The molecule has 1 amide bonds. The van der Waals surface area contributed by atoms with E-state index in [0.29, 0.717) is 12.5 Å². The molecule has 1 aromatic rings. The number of nitrogens with zero attached hydrogens (tertiary/aromatic N) is 4. The van der Waals surface area contributed by atoms with Crippen LogP contribution in [-0.4, -0.2) is 49.9 Å². The van der Waals surface area contributed by atoms with Gasteiger partial charge in [0.15, 0.2) is 0 Å². The molecule has 1 aliphatic heterocycles. The topological polar surface area (TPSA) is 97.3 Å². The van der Waals surface area contributed by atoms with Crippen LogP contribution in [0.1, 0.15) is 13.3 Å². The zero-order valence-corrected chi connectivity index (χ0v) is 9.78. The third-order valence-electron chi connectivity index (χ3n) is 3.24. The maximum absolute atomic E-state index is 12.0. The minimum Gasteiger partial charge on any atom is -0.394 e. The van der Waals surface area contributed by atoms with Gasteiger partial charge in [-0.25, -0.2) is 9.67 Å². The zero-order chi connectivity index (χ0) is 12.4. The molecule has 94 valence electrons. The van der Waals surface area contributed by atoms with E-state index in [4.69, 9.17) is 5.73 Å². The van der Waals surface area contributed by atoms with Crippen LogP contribution in [0.4, 0.5) is 5.95 Å². The molecule has 0 radical (unpaired) electrons. The van der Waals surface area contributed by atoms with Gasteiger partial charge >= 0.3 is 0 Å². The molecule has 1 fully saturated rings. The summed E-state index contributed by atoms with van der Waals surface area (Å²) in [6, 6.07) is -0.0802. The first-order valence-electron chi connectivity index (χ1n) is 5.67. The smallest absolute Gasteiger partial charge is 0.244 e. The summed E-state index contributed by atoms with van der Waals surface area (Å²) in [5, 5.41) is 13.1. The van der Waals surface area contributed by atoms with Crippen molar-refractivity contribution in [3.63, 3.8) is 0 Å². The lowest BCUT2D eigenvalue weighted by atomic mass is 10.0. The van der Waals surface area contributed by atoms with E-state index in [-0.39, 0.29) is 31.0 Å². The Morgan fingerprint density at radius 2 is 2.47 bits per heavy atom. The Kier molecular flexibility index (Phi) is 3.28. The van der Waals surface area contributed by atoms with Crippen LogP contribution < -0.4 is 5.73 Å². The molecule has 2 atom stereocenters. The lowest BCUT2D eigenvalue weighted by Crippen LogP contribution is -2.41. The van der Waals surface area contributed by atoms with Crippen molar-refractivity contribution < 1.29 is 9.90 Å². The summed E-state index contributed by atoms with van der Waals surface area (Å²) in [7, 11) is 0. The van der Waals surface area contributed by atoms with Crippen molar-refractivity contribution in [1.29, 1.82) is 0 Å². The third-order valence-corrected chi connectivity index (χ3v) is 3.24. The molecule has 3 N–H and O–H groups in total. The van der Waals surface area contributed by atoms with E-state index in [1.807, 2.05) is 6.92 Å². The number of likely N-dealkylation sites (tertiary alicyclic amines) is 1. The highest BCUT2D eigenvalue weighted by Crippen LogP contribution is 2.23. The van der Waals surface area contributed by atoms with E-state index < -0.39 is 0 Å². The molecule has 1 aliphatic rings. The largest absolute Gasteiger partial charge is 0.394 e. The van der Waals surface area contributed by atoms with Gasteiger partial charge in [-0.15, -0.1) is 5.10 Å². The fourth-order valence-electron chi connectivity index (χ4n) is 2.21. The monoisotopic (exact) mass is 239 g/mol. The second-order valence-corrected chi connectivity index (χ2v) is 4.40. The van der Waals surface area contributed by atoms with Crippen LogP contribution in [0.15, 0.2) is 6.33 Å². The maximum Gasteiger partial charge on any atom is 0.244 e. The summed E-state index contributed by atoms with van der Waals surface area (Å²) in [5.74, 6) is 0.439. The fourth-order valence-corrected chi connectivity index (χ4v) is 2.21. The highest BCUT2D eigenvalue weighted by Gasteiger charge is 2.33. The molecule has 2 unspecified atom stereocenters. The number of nitrogens with two attached hydrogens (primary N) is 1. The number of rotatable bonds is 3. The lowest BCUT2D eigenvalue weighted by Gasteiger charge is -2.25. The number of carbonyl (C=O) groups is 1. The predicted octanol–water partition coefficient (Wildman–Crippen LogP) is -0.910. The zero-order valence-electron chi connectivity index (χ0n) is 9.78. The first kappa shape index (κ1) is 11.8. The first-order chi connectivity index (χ1) is 8.11. The van der Waals surface area contributed by atoms with Crippen LogP contribution in [0.2, 0.25) is 0 Å². The number of aliphatic hydroxyl groups is 1. The Morgan fingerprint density at radius 3 is 3.06 bits per heavy atom. The summed E-state index contributed by atoms with van der Waals surface area (Å²) in [4.78, 5) is 17.5. The van der Waals surface area contributed by atoms with Gasteiger partial charge in [0.25, 0.3) is 0 Å². The summed E-state index contributed by atoms with van der Waals surface area (Å²) in [6.07, 6.45) is 2.36. The SMILES string of the molecule is CC1CCN(C(=O)Cn2cnc(N)n2)C1CO. The molecule has 0 aromatic carbocycles. The molecule has 1 aromatic heterocycles. The molecule has 7 nitrogen and oxygen atoms in total. The van der Waals surface area contributed by atoms with E-state index in [1.165, 1.54) is 11.0 Å². The van der Waals surface area contributed by atoms with E-state index >= 15 is 0 Å². The fraction of sp³-hybridized carbons (Fsp3) is 0.700. The van der Waals surface area contributed by atoms with Crippen LogP contribution in [-0.2, 0) is 11.3 Å². The summed E-state index contributed by atoms with van der Waals surface area (Å²) >= 11 is 0. The minimum absolute atomic E-state index is 0.00635. The molecular weight excluding hydrogens is 222 g/mol. The Balaban J connectivity index is 2.00. The summed E-state index contributed by atoms with van der Waals surface area (Å²) < 4.78 is 1.41. The van der Waals surface area contributed by atoms with E-state index in [1.54, 1.807) is 4.90 Å². The highest BCUT2D eigenvalue weighted by atomic mass is 16.3. The van der Waals surface area contributed by atoms with Crippen LogP contribution in [0.25, 0.3) is 0 Å². The quantitative estimate of drug-likeness (QED) is 0.711. The van der Waals surface area contributed by atoms with Crippen LogP contribution in [0, 0.1) is 5.92 Å². The van der Waals surface area contributed by atoms with Crippen molar-refractivity contribution in [2.45, 2.75) is 25.9 Å². The lowest BCUT2D eigenvalue weighted by molar-refractivity contribution is -0.134. The van der Waals surface area contributed by atoms with E-state index in [9.17, 15) is 9.90 Å². The number of hydrogen-bond donors (Lipinski definition) is 2. The normalized spacial score (nSPS) is 24.2. The standard InChI is InChI=1S/C10H17N5O2/c1-7-2-3-15(8(7)5-16)9(17)4-14-6-12-10(11)13-14/h6-8,16H,2-5H2,1H3,(H2,11,13). The Hall–Kier alpha value is -1.63. The summed E-state index contributed by atoms with van der Waals surface area (Å²) in [6.45, 7) is 2.86. The first-order valence-corrected chi connectivity index (χ1v) is 5.67. The van der Waals surface area contributed by atoms with Gasteiger partial charge < -0.3 is 15.7 Å². The van der Waals surface area contributed by atoms with Gasteiger partial charge in [-0.05, 0) is 12.3 Å². The minimum atomic E-state index is -0.0802. The molecule has 1 saturated heterocycles. The average molecular weight is 239 g/mol. The molecular formula is C10H17N5O2. The number of amides is 1. The molecule has 0 spiro atoms. The van der Waals surface area contributed by atoms with Gasteiger partial charge in [-0.3, -0.25) is 4.79 Å². The number of anilines is 1. The van der Waals surface area contributed by atoms with Crippen LogP contribution in [0.5, 0.6) is 0 Å². The number of hydrogen-bond acceptors (Lipinski definition) is 5.